The Morgan fingerprint density at radius 3 is 2.33 bits per heavy atom. The molecule has 0 heterocycles. The highest BCUT2D eigenvalue weighted by atomic mass is 35.5. The number of halogens is 4. The van der Waals surface area contributed by atoms with Gasteiger partial charge in [0.2, 0.25) is 0 Å². The molecule has 1 N–H and O–H groups in total. The van der Waals surface area contributed by atoms with Crippen LogP contribution >= 0.6 is 11.6 Å². The van der Waals surface area contributed by atoms with Crippen molar-refractivity contribution < 1.29 is 13.2 Å². The largest absolute Gasteiger partial charge is 0.306 e. The van der Waals surface area contributed by atoms with E-state index in [-0.39, 0.29) is 21.7 Å². The summed E-state index contributed by atoms with van der Waals surface area (Å²) in [7, 11) is 0. The SMILES string of the molecule is CCNC(c1ccc(Cl)cc1F)c1ccc(C)c(F)c1F. The lowest BCUT2D eigenvalue weighted by molar-refractivity contribution is 0.473. The summed E-state index contributed by atoms with van der Waals surface area (Å²) in [6, 6.07) is 6.32. The van der Waals surface area contributed by atoms with Crippen molar-refractivity contribution in [1.29, 1.82) is 0 Å². The van der Waals surface area contributed by atoms with Gasteiger partial charge in [-0.2, -0.15) is 0 Å². The fourth-order valence-corrected chi connectivity index (χ4v) is 2.37. The van der Waals surface area contributed by atoms with Crippen LogP contribution in [0.25, 0.3) is 0 Å². The maximum absolute atomic E-state index is 14.2. The first-order chi connectivity index (χ1) is 9.95. The van der Waals surface area contributed by atoms with Crippen LogP contribution in [-0.2, 0) is 0 Å². The Balaban J connectivity index is 2.56. The van der Waals surface area contributed by atoms with Crippen molar-refractivity contribution in [3.05, 3.63) is 69.5 Å². The number of benzene rings is 2. The fraction of sp³-hybridized carbons (Fsp3) is 0.250. The third-order valence-corrected chi connectivity index (χ3v) is 3.53. The molecular weight excluding hydrogens is 299 g/mol. The molecule has 2 aromatic carbocycles. The Labute approximate surface area is 126 Å². The van der Waals surface area contributed by atoms with Crippen LogP contribution < -0.4 is 5.32 Å². The van der Waals surface area contributed by atoms with Gasteiger partial charge in [0.05, 0.1) is 6.04 Å². The zero-order valence-corrected chi connectivity index (χ0v) is 12.4. The molecule has 1 nitrogen and oxygen atoms in total. The first kappa shape index (κ1) is 15.9. The van der Waals surface area contributed by atoms with Crippen molar-refractivity contribution >= 4 is 11.6 Å². The molecule has 112 valence electrons. The normalized spacial score (nSPS) is 12.5. The van der Waals surface area contributed by atoms with Gasteiger partial charge in [-0.3, -0.25) is 0 Å². The van der Waals surface area contributed by atoms with Gasteiger partial charge in [-0.05, 0) is 31.2 Å². The molecule has 0 bridgehead atoms. The maximum atomic E-state index is 14.2. The van der Waals surface area contributed by atoms with Crippen molar-refractivity contribution in [3.8, 4) is 0 Å². The lowest BCUT2D eigenvalue weighted by Crippen LogP contribution is -2.24. The smallest absolute Gasteiger partial charge is 0.164 e. The first-order valence-corrected chi connectivity index (χ1v) is 6.96. The summed E-state index contributed by atoms with van der Waals surface area (Å²) in [6.07, 6.45) is 0. The van der Waals surface area contributed by atoms with E-state index in [2.05, 4.69) is 5.32 Å². The van der Waals surface area contributed by atoms with Gasteiger partial charge in [0, 0.05) is 16.1 Å². The Morgan fingerprint density at radius 2 is 1.71 bits per heavy atom. The van der Waals surface area contributed by atoms with Crippen molar-refractivity contribution in [2.45, 2.75) is 19.9 Å². The van der Waals surface area contributed by atoms with E-state index in [0.29, 0.717) is 6.54 Å². The second-order valence-electron chi connectivity index (χ2n) is 4.76. The standard InChI is InChI=1S/C16H15ClF3N/c1-3-21-16(11-7-5-10(17)8-13(11)18)12-6-4-9(2)14(19)15(12)20/h4-8,16,21H,3H2,1-2H3. The topological polar surface area (TPSA) is 12.0 Å². The Hall–Kier alpha value is -1.52. The number of rotatable bonds is 4. The summed E-state index contributed by atoms with van der Waals surface area (Å²) < 4.78 is 42.0. The van der Waals surface area contributed by atoms with E-state index >= 15 is 0 Å². The van der Waals surface area contributed by atoms with Crippen LogP contribution in [0.3, 0.4) is 0 Å². The number of nitrogens with one attached hydrogen (secondary N) is 1. The summed E-state index contributed by atoms with van der Waals surface area (Å²) in [5.74, 6) is -2.44. The highest BCUT2D eigenvalue weighted by Crippen LogP contribution is 2.29. The molecule has 0 aromatic heterocycles. The van der Waals surface area contributed by atoms with Gasteiger partial charge in [-0.15, -0.1) is 0 Å². The molecule has 0 saturated heterocycles. The van der Waals surface area contributed by atoms with Crippen molar-refractivity contribution in [2.24, 2.45) is 0 Å². The molecule has 1 unspecified atom stereocenters. The van der Waals surface area contributed by atoms with E-state index < -0.39 is 23.5 Å². The Bertz CT molecular complexity index is 658. The molecule has 5 heteroatoms. The van der Waals surface area contributed by atoms with E-state index in [1.54, 1.807) is 0 Å². The Morgan fingerprint density at radius 1 is 1.05 bits per heavy atom. The third-order valence-electron chi connectivity index (χ3n) is 3.30. The molecular formula is C16H15ClF3N. The molecule has 1 atom stereocenters. The molecule has 2 aromatic rings. The first-order valence-electron chi connectivity index (χ1n) is 6.58. The minimum absolute atomic E-state index is 0.0705. The van der Waals surface area contributed by atoms with Crippen LogP contribution in [0.1, 0.15) is 29.7 Å². The molecule has 0 aliphatic carbocycles. The van der Waals surface area contributed by atoms with Crippen LogP contribution in [0.15, 0.2) is 30.3 Å². The maximum Gasteiger partial charge on any atom is 0.164 e. The molecule has 0 spiro atoms. The minimum Gasteiger partial charge on any atom is -0.306 e. The predicted molar refractivity (Wildman–Crippen MR) is 78.0 cm³/mol. The van der Waals surface area contributed by atoms with Gasteiger partial charge in [-0.1, -0.05) is 36.7 Å². The van der Waals surface area contributed by atoms with E-state index in [1.807, 2.05) is 6.92 Å². The molecule has 2 rings (SSSR count). The van der Waals surface area contributed by atoms with Gasteiger partial charge in [0.15, 0.2) is 11.6 Å². The zero-order valence-electron chi connectivity index (χ0n) is 11.7. The average molecular weight is 314 g/mol. The van der Waals surface area contributed by atoms with Crippen molar-refractivity contribution in [1.82, 2.24) is 5.32 Å². The monoisotopic (exact) mass is 313 g/mol. The van der Waals surface area contributed by atoms with E-state index in [1.165, 1.54) is 31.2 Å². The molecule has 0 saturated carbocycles. The second-order valence-corrected chi connectivity index (χ2v) is 5.19. The van der Waals surface area contributed by atoms with Crippen LogP contribution in [-0.4, -0.2) is 6.54 Å². The summed E-state index contributed by atoms with van der Waals surface area (Å²) in [5, 5.41) is 3.23. The summed E-state index contributed by atoms with van der Waals surface area (Å²) in [6.45, 7) is 3.76. The lowest BCUT2D eigenvalue weighted by Gasteiger charge is -2.21. The number of aryl methyl sites for hydroxylation is 1. The highest BCUT2D eigenvalue weighted by molar-refractivity contribution is 6.30. The van der Waals surface area contributed by atoms with E-state index in [0.717, 1.165) is 6.07 Å². The summed E-state index contributed by atoms with van der Waals surface area (Å²) >= 11 is 5.73. The van der Waals surface area contributed by atoms with E-state index in [4.69, 9.17) is 11.6 Å². The van der Waals surface area contributed by atoms with E-state index in [9.17, 15) is 13.2 Å². The van der Waals surface area contributed by atoms with Gasteiger partial charge in [-0.25, -0.2) is 13.2 Å². The summed E-state index contributed by atoms with van der Waals surface area (Å²) in [4.78, 5) is 0. The highest BCUT2D eigenvalue weighted by Gasteiger charge is 2.23. The predicted octanol–water partition coefficient (Wildman–Crippen LogP) is 4.76. The van der Waals surface area contributed by atoms with Crippen LogP contribution in [0.2, 0.25) is 5.02 Å². The molecule has 0 radical (unpaired) electrons. The lowest BCUT2D eigenvalue weighted by atomic mass is 9.96. The second kappa shape index (κ2) is 6.50. The molecule has 21 heavy (non-hydrogen) atoms. The Kier molecular flexibility index (Phi) is 4.91. The zero-order chi connectivity index (χ0) is 15.6. The van der Waals surface area contributed by atoms with Crippen molar-refractivity contribution in [3.63, 3.8) is 0 Å². The van der Waals surface area contributed by atoms with Gasteiger partial charge >= 0.3 is 0 Å². The van der Waals surface area contributed by atoms with Crippen LogP contribution in [0.4, 0.5) is 13.2 Å². The molecule has 0 amide bonds. The summed E-state index contributed by atoms with van der Waals surface area (Å²) in [5.41, 5.74) is 0.507. The number of hydrogen-bond acceptors (Lipinski definition) is 1. The van der Waals surface area contributed by atoms with Crippen LogP contribution in [0, 0.1) is 24.4 Å². The van der Waals surface area contributed by atoms with Crippen molar-refractivity contribution in [2.75, 3.05) is 6.54 Å². The quantitative estimate of drug-likeness (QED) is 0.857. The van der Waals surface area contributed by atoms with Gasteiger partial charge in [0.25, 0.3) is 0 Å². The molecule has 0 fully saturated rings. The molecule has 0 aliphatic rings. The average Bonchev–Trinajstić information content (AvgIpc) is 2.44. The van der Waals surface area contributed by atoms with Crippen LogP contribution in [0.5, 0.6) is 0 Å². The van der Waals surface area contributed by atoms with Gasteiger partial charge < -0.3 is 5.32 Å². The minimum atomic E-state index is -0.963. The fourth-order valence-electron chi connectivity index (χ4n) is 2.21. The van der Waals surface area contributed by atoms with Gasteiger partial charge in [0.1, 0.15) is 5.82 Å². The number of hydrogen-bond donors (Lipinski definition) is 1. The molecule has 0 aliphatic heterocycles. The third kappa shape index (κ3) is 3.22.